The summed E-state index contributed by atoms with van der Waals surface area (Å²) >= 11 is 0. The van der Waals surface area contributed by atoms with E-state index in [1.54, 1.807) is 0 Å². The normalized spacial score (nSPS) is 17.0. The molecular formula is C27H26F6N2O. The molecule has 0 fully saturated rings. The van der Waals surface area contributed by atoms with Crippen LogP contribution < -0.4 is 0 Å². The van der Waals surface area contributed by atoms with Crippen molar-refractivity contribution in [2.24, 2.45) is 0 Å². The van der Waals surface area contributed by atoms with Gasteiger partial charge in [0.2, 0.25) is 0 Å². The summed E-state index contributed by atoms with van der Waals surface area (Å²) < 4.78 is 82.6. The first-order chi connectivity index (χ1) is 16.7. The van der Waals surface area contributed by atoms with Crippen molar-refractivity contribution in [2.45, 2.75) is 57.5 Å². The van der Waals surface area contributed by atoms with Crippen LogP contribution in [0, 0.1) is 0 Å². The monoisotopic (exact) mass is 508 g/mol. The molecule has 1 amide bonds. The Hall–Kier alpha value is -3.23. The van der Waals surface area contributed by atoms with E-state index < -0.39 is 41.0 Å². The molecule has 1 aliphatic rings. The minimum Gasteiger partial charge on any atom is -0.349 e. The van der Waals surface area contributed by atoms with E-state index in [1.165, 1.54) is 4.90 Å². The van der Waals surface area contributed by atoms with Crippen LogP contribution in [0.5, 0.6) is 0 Å². The predicted molar refractivity (Wildman–Crippen MR) is 124 cm³/mol. The van der Waals surface area contributed by atoms with E-state index in [0.29, 0.717) is 25.1 Å². The first-order valence-corrected chi connectivity index (χ1v) is 11.5. The molecule has 0 radical (unpaired) electrons. The van der Waals surface area contributed by atoms with Gasteiger partial charge in [-0.25, -0.2) is 0 Å². The first-order valence-electron chi connectivity index (χ1n) is 11.5. The van der Waals surface area contributed by atoms with E-state index >= 15 is 0 Å². The van der Waals surface area contributed by atoms with Gasteiger partial charge >= 0.3 is 12.4 Å². The molecule has 9 heteroatoms. The topological polar surface area (TPSA) is 25.2 Å². The van der Waals surface area contributed by atoms with Crippen molar-refractivity contribution in [3.05, 3.63) is 94.3 Å². The third-order valence-corrected chi connectivity index (χ3v) is 6.44. The van der Waals surface area contributed by atoms with E-state index in [2.05, 4.69) is 20.8 Å². The van der Waals surface area contributed by atoms with E-state index in [9.17, 15) is 31.1 Å². The fourth-order valence-electron chi connectivity index (χ4n) is 4.56. The number of nitrogens with zero attached hydrogens (tertiary/aromatic N) is 2. The highest BCUT2D eigenvalue weighted by Gasteiger charge is 2.39. The first kappa shape index (κ1) is 25.9. The predicted octanol–water partition coefficient (Wildman–Crippen LogP) is 7.46. The van der Waals surface area contributed by atoms with Gasteiger partial charge in [-0.05, 0) is 53.3 Å². The number of carbonyl (C=O) groups is 1. The molecule has 0 aliphatic carbocycles. The smallest absolute Gasteiger partial charge is 0.349 e. The lowest BCUT2D eigenvalue weighted by atomic mass is 9.86. The van der Waals surface area contributed by atoms with Crippen LogP contribution in [0.15, 0.2) is 60.8 Å². The van der Waals surface area contributed by atoms with Crippen molar-refractivity contribution >= 4 is 5.91 Å². The fourth-order valence-corrected chi connectivity index (χ4v) is 4.56. The van der Waals surface area contributed by atoms with Crippen LogP contribution in [0.3, 0.4) is 0 Å². The van der Waals surface area contributed by atoms with Gasteiger partial charge in [0.05, 0.1) is 17.2 Å². The molecule has 1 aliphatic heterocycles. The number of amides is 1. The van der Waals surface area contributed by atoms with Crippen molar-refractivity contribution in [3.63, 3.8) is 0 Å². The molecule has 192 valence electrons. The summed E-state index contributed by atoms with van der Waals surface area (Å²) in [7, 11) is 0. The number of benzene rings is 2. The van der Waals surface area contributed by atoms with Crippen LogP contribution in [0.4, 0.5) is 26.3 Å². The average Bonchev–Trinajstić information content (AvgIpc) is 3.16. The van der Waals surface area contributed by atoms with Crippen LogP contribution in [-0.2, 0) is 24.3 Å². The molecule has 1 unspecified atom stereocenters. The zero-order chi connectivity index (χ0) is 26.5. The number of aryl methyl sites for hydroxylation is 1. The summed E-state index contributed by atoms with van der Waals surface area (Å²) in [4.78, 5) is 15.0. The van der Waals surface area contributed by atoms with E-state index in [1.807, 2.05) is 47.2 Å². The van der Waals surface area contributed by atoms with Crippen molar-refractivity contribution in [1.82, 2.24) is 9.47 Å². The maximum absolute atomic E-state index is 13.6. The minimum atomic E-state index is -5.04. The number of carbonyl (C=O) groups excluding carboxylic acids is 1. The standard InChI is InChI=1S/C27H26F6N2O/c1-25(2,3)19-9-7-17(8-10-19)23-22-6-4-11-34(22)12-5-13-35(23)24(36)18-14-20(26(28,29)30)16-21(15-18)27(31,32)33/h4,6-11,14-16,23H,5,12-13H2,1-3H3. The van der Waals surface area contributed by atoms with Gasteiger partial charge in [0.15, 0.2) is 0 Å². The van der Waals surface area contributed by atoms with Gasteiger partial charge in [-0.1, -0.05) is 45.0 Å². The molecule has 1 aromatic heterocycles. The summed E-state index contributed by atoms with van der Waals surface area (Å²) in [6.45, 7) is 6.91. The van der Waals surface area contributed by atoms with Crippen LogP contribution in [-0.4, -0.2) is 21.9 Å². The van der Waals surface area contributed by atoms with Crippen molar-refractivity contribution in [2.75, 3.05) is 6.54 Å². The number of hydrogen-bond acceptors (Lipinski definition) is 1. The van der Waals surface area contributed by atoms with Gasteiger partial charge in [0, 0.05) is 30.5 Å². The van der Waals surface area contributed by atoms with Gasteiger partial charge in [-0.2, -0.15) is 26.3 Å². The Morgan fingerprint density at radius 3 is 1.92 bits per heavy atom. The summed E-state index contributed by atoms with van der Waals surface area (Å²) in [5.74, 6) is -0.883. The Balaban J connectivity index is 1.83. The lowest BCUT2D eigenvalue weighted by Crippen LogP contribution is -2.36. The molecule has 4 rings (SSSR count). The second-order valence-electron chi connectivity index (χ2n) is 10.0. The molecule has 2 aromatic carbocycles. The van der Waals surface area contributed by atoms with E-state index in [-0.39, 0.29) is 18.0 Å². The van der Waals surface area contributed by atoms with Gasteiger partial charge in [0.1, 0.15) is 0 Å². The molecule has 3 aromatic rings. The zero-order valence-corrected chi connectivity index (χ0v) is 20.0. The second-order valence-corrected chi connectivity index (χ2v) is 10.0. The number of alkyl halides is 6. The highest BCUT2D eigenvalue weighted by atomic mass is 19.4. The second kappa shape index (κ2) is 9.01. The number of aromatic nitrogens is 1. The average molecular weight is 509 g/mol. The third-order valence-electron chi connectivity index (χ3n) is 6.44. The molecule has 0 spiro atoms. The molecule has 0 saturated carbocycles. The van der Waals surface area contributed by atoms with Crippen LogP contribution >= 0.6 is 0 Å². The van der Waals surface area contributed by atoms with Gasteiger partial charge in [-0.15, -0.1) is 0 Å². The van der Waals surface area contributed by atoms with Gasteiger partial charge < -0.3 is 9.47 Å². The molecule has 0 saturated heterocycles. The Morgan fingerprint density at radius 2 is 1.39 bits per heavy atom. The fraction of sp³-hybridized carbons (Fsp3) is 0.370. The molecule has 0 bridgehead atoms. The van der Waals surface area contributed by atoms with Crippen LogP contribution in [0.2, 0.25) is 0 Å². The molecule has 0 N–H and O–H groups in total. The largest absolute Gasteiger partial charge is 0.416 e. The quantitative estimate of drug-likeness (QED) is 0.330. The number of rotatable bonds is 2. The lowest BCUT2D eigenvalue weighted by Gasteiger charge is -2.32. The molecule has 3 nitrogen and oxygen atoms in total. The van der Waals surface area contributed by atoms with Gasteiger partial charge in [0.25, 0.3) is 5.91 Å². The van der Waals surface area contributed by atoms with Crippen molar-refractivity contribution in [1.29, 1.82) is 0 Å². The summed E-state index contributed by atoms with van der Waals surface area (Å²) in [6.07, 6.45) is -7.72. The van der Waals surface area contributed by atoms with E-state index in [0.717, 1.165) is 16.8 Å². The number of hydrogen-bond donors (Lipinski definition) is 0. The van der Waals surface area contributed by atoms with Crippen LogP contribution in [0.25, 0.3) is 0 Å². The number of fused-ring (bicyclic) bond motifs is 1. The summed E-state index contributed by atoms with van der Waals surface area (Å²) in [5.41, 5.74) is -1.26. The maximum atomic E-state index is 13.6. The molecule has 1 atom stereocenters. The van der Waals surface area contributed by atoms with Crippen molar-refractivity contribution in [3.8, 4) is 0 Å². The summed E-state index contributed by atoms with van der Waals surface area (Å²) in [6, 6.07) is 11.6. The number of halogens is 6. The molecular weight excluding hydrogens is 482 g/mol. The Bertz CT molecular complexity index is 1220. The maximum Gasteiger partial charge on any atom is 0.416 e. The lowest BCUT2D eigenvalue weighted by molar-refractivity contribution is -0.143. The summed E-state index contributed by atoms with van der Waals surface area (Å²) in [5, 5.41) is 0. The minimum absolute atomic E-state index is 0.0348. The van der Waals surface area contributed by atoms with Gasteiger partial charge in [-0.3, -0.25) is 4.79 Å². The Morgan fingerprint density at radius 1 is 0.806 bits per heavy atom. The Labute approximate surface area is 205 Å². The third kappa shape index (κ3) is 5.15. The molecule has 36 heavy (non-hydrogen) atoms. The highest BCUT2D eigenvalue weighted by Crippen LogP contribution is 2.38. The zero-order valence-electron chi connectivity index (χ0n) is 20.0. The SMILES string of the molecule is CC(C)(C)c1ccc(C2c3cccn3CCCN2C(=O)c2cc(C(F)(F)F)cc(C(F)(F)F)c2)cc1. The Kier molecular flexibility index (Phi) is 6.47. The van der Waals surface area contributed by atoms with Crippen molar-refractivity contribution < 1.29 is 31.1 Å². The molecule has 2 heterocycles. The van der Waals surface area contributed by atoms with E-state index in [4.69, 9.17) is 0 Å². The van der Waals surface area contributed by atoms with Crippen LogP contribution in [0.1, 0.15) is 71.5 Å². The highest BCUT2D eigenvalue weighted by molar-refractivity contribution is 5.95.